The molecule has 1 amide bonds. The summed E-state index contributed by atoms with van der Waals surface area (Å²) in [6.07, 6.45) is 1.74. The van der Waals surface area contributed by atoms with E-state index in [0.717, 1.165) is 16.1 Å². The Kier molecular flexibility index (Phi) is 3.23. The predicted molar refractivity (Wildman–Crippen MR) is 66.0 cm³/mol. The fourth-order valence-corrected chi connectivity index (χ4v) is 2.06. The average molecular weight is 250 g/mol. The SMILES string of the molecule is Cc1cc(C(=O)N(C)Cc2cn[nH]c2C)ns1. The molecule has 2 aromatic rings. The van der Waals surface area contributed by atoms with Gasteiger partial charge in [0.2, 0.25) is 0 Å². The van der Waals surface area contributed by atoms with Crippen LogP contribution in [-0.2, 0) is 6.54 Å². The van der Waals surface area contributed by atoms with E-state index >= 15 is 0 Å². The summed E-state index contributed by atoms with van der Waals surface area (Å²) in [5, 5.41) is 6.79. The summed E-state index contributed by atoms with van der Waals surface area (Å²) >= 11 is 1.35. The maximum absolute atomic E-state index is 12.0. The lowest BCUT2D eigenvalue weighted by molar-refractivity contribution is 0.0780. The molecule has 0 bridgehead atoms. The number of H-pyrrole nitrogens is 1. The molecule has 0 spiro atoms. The van der Waals surface area contributed by atoms with Crippen LogP contribution >= 0.6 is 11.5 Å². The second kappa shape index (κ2) is 4.67. The van der Waals surface area contributed by atoms with Crippen LogP contribution in [0, 0.1) is 13.8 Å². The van der Waals surface area contributed by atoms with Gasteiger partial charge in [-0.2, -0.15) is 9.47 Å². The van der Waals surface area contributed by atoms with E-state index in [1.54, 1.807) is 18.1 Å². The average Bonchev–Trinajstić information content (AvgIpc) is 2.88. The molecule has 5 nitrogen and oxygen atoms in total. The first-order valence-electron chi connectivity index (χ1n) is 5.25. The van der Waals surface area contributed by atoms with Crippen molar-refractivity contribution in [2.45, 2.75) is 20.4 Å². The fourth-order valence-electron chi connectivity index (χ4n) is 1.53. The highest BCUT2D eigenvalue weighted by atomic mass is 32.1. The van der Waals surface area contributed by atoms with Crippen LogP contribution in [0.4, 0.5) is 0 Å². The maximum atomic E-state index is 12.0. The molecule has 17 heavy (non-hydrogen) atoms. The van der Waals surface area contributed by atoms with Crippen LogP contribution in [0.5, 0.6) is 0 Å². The molecule has 0 atom stereocenters. The predicted octanol–water partition coefficient (Wildman–Crippen LogP) is 1.76. The molecular weight excluding hydrogens is 236 g/mol. The van der Waals surface area contributed by atoms with Crippen molar-refractivity contribution in [3.05, 3.63) is 34.1 Å². The lowest BCUT2D eigenvalue weighted by Crippen LogP contribution is -2.26. The lowest BCUT2D eigenvalue weighted by Gasteiger charge is -2.15. The van der Waals surface area contributed by atoms with Crippen molar-refractivity contribution in [2.75, 3.05) is 7.05 Å². The van der Waals surface area contributed by atoms with Crippen LogP contribution < -0.4 is 0 Å². The fraction of sp³-hybridized carbons (Fsp3) is 0.364. The smallest absolute Gasteiger partial charge is 0.273 e. The molecule has 2 heterocycles. The van der Waals surface area contributed by atoms with Gasteiger partial charge < -0.3 is 4.90 Å². The zero-order valence-corrected chi connectivity index (χ0v) is 10.8. The molecular formula is C11H14N4OS. The molecule has 0 aliphatic heterocycles. The number of hydrogen-bond donors (Lipinski definition) is 1. The normalized spacial score (nSPS) is 10.5. The van der Waals surface area contributed by atoms with E-state index in [2.05, 4.69) is 14.6 Å². The Bertz CT molecular complexity index is 531. The second-order valence-electron chi connectivity index (χ2n) is 4.00. The summed E-state index contributed by atoms with van der Waals surface area (Å²) in [6, 6.07) is 1.81. The largest absolute Gasteiger partial charge is 0.336 e. The molecule has 6 heteroatoms. The Morgan fingerprint density at radius 1 is 1.53 bits per heavy atom. The zero-order chi connectivity index (χ0) is 12.4. The van der Waals surface area contributed by atoms with Gasteiger partial charge in [-0.05, 0) is 31.4 Å². The second-order valence-corrected chi connectivity index (χ2v) is 5.01. The number of aromatic nitrogens is 3. The van der Waals surface area contributed by atoms with Crippen molar-refractivity contribution < 1.29 is 4.79 Å². The van der Waals surface area contributed by atoms with E-state index in [0.29, 0.717) is 12.2 Å². The van der Waals surface area contributed by atoms with E-state index in [-0.39, 0.29) is 5.91 Å². The van der Waals surface area contributed by atoms with Crippen molar-refractivity contribution in [1.29, 1.82) is 0 Å². The number of nitrogens with zero attached hydrogens (tertiary/aromatic N) is 3. The molecule has 90 valence electrons. The van der Waals surface area contributed by atoms with Gasteiger partial charge in [-0.1, -0.05) is 0 Å². The molecule has 0 unspecified atom stereocenters. The van der Waals surface area contributed by atoms with E-state index in [1.165, 1.54) is 11.5 Å². The van der Waals surface area contributed by atoms with E-state index in [9.17, 15) is 4.79 Å². The maximum Gasteiger partial charge on any atom is 0.273 e. The topological polar surface area (TPSA) is 61.9 Å². The summed E-state index contributed by atoms with van der Waals surface area (Å²) in [6.45, 7) is 4.42. The van der Waals surface area contributed by atoms with Gasteiger partial charge in [0.15, 0.2) is 0 Å². The third-order valence-corrected chi connectivity index (χ3v) is 3.23. The first kappa shape index (κ1) is 11.8. The number of carbonyl (C=O) groups excluding carboxylic acids is 1. The molecule has 0 aliphatic carbocycles. The molecule has 0 saturated heterocycles. The monoisotopic (exact) mass is 250 g/mol. The zero-order valence-electron chi connectivity index (χ0n) is 10.0. The van der Waals surface area contributed by atoms with Crippen molar-refractivity contribution in [3.63, 3.8) is 0 Å². The molecule has 0 radical (unpaired) electrons. The van der Waals surface area contributed by atoms with Crippen molar-refractivity contribution in [2.24, 2.45) is 0 Å². The van der Waals surface area contributed by atoms with Crippen LogP contribution in [0.25, 0.3) is 0 Å². The van der Waals surface area contributed by atoms with E-state index in [4.69, 9.17) is 0 Å². The van der Waals surface area contributed by atoms with Crippen molar-refractivity contribution in [1.82, 2.24) is 19.5 Å². The van der Waals surface area contributed by atoms with Gasteiger partial charge in [-0.15, -0.1) is 0 Å². The lowest BCUT2D eigenvalue weighted by atomic mass is 10.2. The molecule has 0 saturated carbocycles. The van der Waals surface area contributed by atoms with Gasteiger partial charge in [0.1, 0.15) is 5.69 Å². The molecule has 2 aromatic heterocycles. The summed E-state index contributed by atoms with van der Waals surface area (Å²) in [4.78, 5) is 14.7. The van der Waals surface area contributed by atoms with Gasteiger partial charge in [-0.3, -0.25) is 9.89 Å². The number of amides is 1. The number of aryl methyl sites for hydroxylation is 2. The Morgan fingerprint density at radius 3 is 2.82 bits per heavy atom. The van der Waals surface area contributed by atoms with E-state index < -0.39 is 0 Å². The third-order valence-electron chi connectivity index (χ3n) is 2.54. The highest BCUT2D eigenvalue weighted by Crippen LogP contribution is 2.12. The standard InChI is InChI=1S/C11H14N4OS/c1-7-4-10(14-17-7)11(16)15(3)6-9-5-12-13-8(9)2/h4-5H,6H2,1-3H3,(H,12,13). The minimum absolute atomic E-state index is 0.0602. The van der Waals surface area contributed by atoms with Gasteiger partial charge in [0.05, 0.1) is 6.20 Å². The van der Waals surface area contributed by atoms with Gasteiger partial charge in [-0.25, -0.2) is 0 Å². The first-order valence-corrected chi connectivity index (χ1v) is 6.03. The van der Waals surface area contributed by atoms with Crippen molar-refractivity contribution in [3.8, 4) is 0 Å². The number of carbonyl (C=O) groups is 1. The van der Waals surface area contributed by atoms with Crippen LogP contribution in [0.1, 0.15) is 26.6 Å². The summed E-state index contributed by atoms with van der Waals surface area (Å²) in [7, 11) is 1.77. The summed E-state index contributed by atoms with van der Waals surface area (Å²) < 4.78 is 4.12. The van der Waals surface area contributed by atoms with Gasteiger partial charge >= 0.3 is 0 Å². The van der Waals surface area contributed by atoms with Crippen LogP contribution in [0.2, 0.25) is 0 Å². The van der Waals surface area contributed by atoms with Crippen LogP contribution in [-0.4, -0.2) is 32.4 Å². The Morgan fingerprint density at radius 2 is 2.29 bits per heavy atom. The Balaban J connectivity index is 2.08. The molecule has 1 N–H and O–H groups in total. The number of nitrogens with one attached hydrogen (secondary N) is 1. The quantitative estimate of drug-likeness (QED) is 0.902. The first-order chi connectivity index (χ1) is 8.08. The number of rotatable bonds is 3. The summed E-state index contributed by atoms with van der Waals surface area (Å²) in [5.41, 5.74) is 2.52. The number of aromatic amines is 1. The van der Waals surface area contributed by atoms with Gasteiger partial charge in [0.25, 0.3) is 5.91 Å². The Labute approximate surface area is 104 Å². The number of hydrogen-bond acceptors (Lipinski definition) is 4. The molecule has 0 aliphatic rings. The highest BCUT2D eigenvalue weighted by molar-refractivity contribution is 7.05. The highest BCUT2D eigenvalue weighted by Gasteiger charge is 2.16. The molecule has 0 fully saturated rings. The van der Waals surface area contributed by atoms with Crippen LogP contribution in [0.15, 0.2) is 12.3 Å². The molecule has 0 aromatic carbocycles. The Hall–Kier alpha value is -1.69. The van der Waals surface area contributed by atoms with Gasteiger partial charge in [0, 0.05) is 29.7 Å². The summed E-state index contributed by atoms with van der Waals surface area (Å²) in [5.74, 6) is -0.0602. The third kappa shape index (κ3) is 2.52. The molecule has 2 rings (SSSR count). The van der Waals surface area contributed by atoms with Crippen LogP contribution in [0.3, 0.4) is 0 Å². The van der Waals surface area contributed by atoms with Crippen molar-refractivity contribution >= 4 is 17.4 Å². The van der Waals surface area contributed by atoms with E-state index in [1.807, 2.05) is 19.9 Å². The minimum Gasteiger partial charge on any atom is -0.336 e. The minimum atomic E-state index is -0.0602.